The molecule has 4 N–H and O–H groups in total. The van der Waals surface area contributed by atoms with E-state index >= 15 is 0 Å². The van der Waals surface area contributed by atoms with Gasteiger partial charge in [0.2, 0.25) is 6.79 Å². The minimum atomic E-state index is -0.695. The second kappa shape index (κ2) is 10.0. The third-order valence-electron chi connectivity index (χ3n) is 5.98. The number of ether oxygens (including phenoxy) is 2. The van der Waals surface area contributed by atoms with Crippen LogP contribution in [0.1, 0.15) is 50.5 Å². The molecule has 0 atom stereocenters. The third-order valence-corrected chi connectivity index (χ3v) is 8.29. The highest BCUT2D eigenvalue weighted by Gasteiger charge is 2.34. The molecule has 36 heavy (non-hydrogen) atoms. The third kappa shape index (κ3) is 4.50. The van der Waals surface area contributed by atoms with E-state index in [0.717, 1.165) is 14.9 Å². The number of imide groups is 1. The largest absolute Gasteiger partial charge is 0.454 e. The molecule has 2 aliphatic rings. The summed E-state index contributed by atoms with van der Waals surface area (Å²) in [6.07, 6.45) is 2.08. The van der Waals surface area contributed by atoms with Crippen LogP contribution in [0, 0.1) is 3.57 Å². The zero-order valence-corrected chi connectivity index (χ0v) is 22.0. The van der Waals surface area contributed by atoms with Crippen molar-refractivity contribution in [1.29, 1.82) is 0 Å². The molecular weight excluding hydrogens is 597 g/mol. The number of aromatic nitrogens is 2. The number of anilines is 1. The highest BCUT2D eigenvalue weighted by Crippen LogP contribution is 2.41. The van der Waals surface area contributed by atoms with E-state index in [-0.39, 0.29) is 30.1 Å². The predicted molar refractivity (Wildman–Crippen MR) is 140 cm³/mol. The van der Waals surface area contributed by atoms with Gasteiger partial charge in [-0.1, -0.05) is 23.9 Å². The number of nitrogens with two attached hydrogens (primary N) is 2. The number of fused-ring (bicyclic) bond motifs is 2. The summed E-state index contributed by atoms with van der Waals surface area (Å²) in [7, 11) is 0. The summed E-state index contributed by atoms with van der Waals surface area (Å²) in [5.74, 6) is 0.338. The van der Waals surface area contributed by atoms with Crippen molar-refractivity contribution in [2.45, 2.75) is 35.9 Å². The molecule has 3 amide bonds. The minimum Gasteiger partial charge on any atom is -0.454 e. The number of carbonyl (C=O) groups is 3. The quantitative estimate of drug-likeness (QED) is 0.211. The molecule has 186 valence electrons. The fraction of sp³-hybridized carbons (Fsp3) is 0.250. The van der Waals surface area contributed by atoms with E-state index in [9.17, 15) is 14.4 Å². The number of carbonyl (C=O) groups excluding carboxylic acids is 3. The summed E-state index contributed by atoms with van der Waals surface area (Å²) in [6, 6.07) is 10.6. The summed E-state index contributed by atoms with van der Waals surface area (Å²) in [4.78, 5) is 43.5. The molecule has 0 fully saturated rings. The number of halogens is 1. The smallest absolute Gasteiger partial charge is 0.271 e. The maximum absolute atomic E-state index is 12.5. The Morgan fingerprint density at radius 1 is 1.03 bits per heavy atom. The van der Waals surface area contributed by atoms with Gasteiger partial charge in [0.25, 0.3) is 17.7 Å². The summed E-state index contributed by atoms with van der Waals surface area (Å²) < 4.78 is 13.6. The lowest BCUT2D eigenvalue weighted by Gasteiger charge is -2.14. The Bertz CT molecular complexity index is 1360. The van der Waals surface area contributed by atoms with E-state index in [1.165, 1.54) is 16.7 Å². The first-order valence-electron chi connectivity index (χ1n) is 11.2. The van der Waals surface area contributed by atoms with Gasteiger partial charge in [-0.15, -0.1) is 0 Å². The van der Waals surface area contributed by atoms with Crippen molar-refractivity contribution >= 4 is 57.9 Å². The van der Waals surface area contributed by atoms with Crippen LogP contribution in [0.5, 0.6) is 11.5 Å². The first-order valence-corrected chi connectivity index (χ1v) is 13.1. The summed E-state index contributed by atoms with van der Waals surface area (Å²) in [6.45, 7) is 1.01. The Kier molecular flexibility index (Phi) is 6.79. The highest BCUT2D eigenvalue weighted by molar-refractivity contribution is 14.1. The van der Waals surface area contributed by atoms with Crippen LogP contribution in [-0.2, 0) is 6.54 Å². The van der Waals surface area contributed by atoms with Crippen LogP contribution in [0.3, 0.4) is 0 Å². The van der Waals surface area contributed by atoms with Gasteiger partial charge in [-0.05, 0) is 66.1 Å². The molecule has 0 saturated heterocycles. The maximum atomic E-state index is 12.5. The number of imidazole rings is 1. The van der Waals surface area contributed by atoms with Gasteiger partial charge in [0.1, 0.15) is 5.82 Å². The van der Waals surface area contributed by atoms with E-state index < -0.39 is 5.91 Å². The zero-order valence-electron chi connectivity index (χ0n) is 19.0. The fourth-order valence-electron chi connectivity index (χ4n) is 4.15. The first kappa shape index (κ1) is 24.4. The van der Waals surface area contributed by atoms with Crippen LogP contribution < -0.4 is 20.9 Å². The van der Waals surface area contributed by atoms with E-state index in [1.54, 1.807) is 28.8 Å². The zero-order chi connectivity index (χ0) is 25.4. The van der Waals surface area contributed by atoms with Gasteiger partial charge >= 0.3 is 0 Å². The molecule has 0 saturated carbocycles. The number of primary amides is 1. The van der Waals surface area contributed by atoms with Crippen LogP contribution in [0.4, 0.5) is 5.82 Å². The molecule has 0 bridgehead atoms. The molecule has 0 radical (unpaired) electrons. The van der Waals surface area contributed by atoms with Crippen molar-refractivity contribution in [2.75, 3.05) is 19.1 Å². The average Bonchev–Trinajstić information content (AvgIpc) is 3.50. The maximum Gasteiger partial charge on any atom is 0.271 e. The van der Waals surface area contributed by atoms with Crippen LogP contribution in [0.2, 0.25) is 0 Å². The topological polar surface area (TPSA) is 143 Å². The first-order chi connectivity index (χ1) is 17.3. The van der Waals surface area contributed by atoms with E-state index in [4.69, 9.17) is 20.9 Å². The number of unbranched alkanes of at least 4 members (excludes halogenated alkanes) is 2. The van der Waals surface area contributed by atoms with Crippen molar-refractivity contribution in [2.24, 2.45) is 5.73 Å². The minimum absolute atomic E-state index is 0.0271. The Labute approximate surface area is 224 Å². The fourth-order valence-corrected chi connectivity index (χ4v) is 5.88. The van der Waals surface area contributed by atoms with E-state index in [2.05, 4.69) is 27.6 Å². The average molecular weight is 619 g/mol. The second-order valence-electron chi connectivity index (χ2n) is 8.25. The number of amides is 3. The normalized spacial score (nSPS) is 14.0. The molecular formula is C24H22IN5O5S. The number of hydrogen-bond acceptors (Lipinski definition) is 8. The predicted octanol–water partition coefficient (Wildman–Crippen LogP) is 3.52. The Hall–Kier alpha value is -3.26. The van der Waals surface area contributed by atoms with Crippen LogP contribution in [0.15, 0.2) is 46.5 Å². The number of nitrogens with zero attached hydrogens (tertiary/aromatic N) is 3. The molecule has 3 heterocycles. The Balaban J connectivity index is 1.24. The monoisotopic (exact) mass is 619 g/mol. The van der Waals surface area contributed by atoms with Crippen LogP contribution >= 0.6 is 34.4 Å². The SMILES string of the molecule is NC(=O)c1nc(Sc2cc3c(cc2I)OCO3)n(CCCCCN2C(=O)c3ccccc3C2=O)c1N. The summed E-state index contributed by atoms with van der Waals surface area (Å²) in [5, 5.41) is 0.540. The van der Waals surface area contributed by atoms with Crippen LogP contribution in [-0.4, -0.2) is 45.5 Å². The molecule has 1 aromatic heterocycles. The highest BCUT2D eigenvalue weighted by atomic mass is 127. The molecule has 10 nitrogen and oxygen atoms in total. The number of hydrogen-bond donors (Lipinski definition) is 2. The molecule has 5 rings (SSSR count). The molecule has 2 aliphatic heterocycles. The molecule has 0 unspecified atom stereocenters. The lowest BCUT2D eigenvalue weighted by Crippen LogP contribution is -2.30. The summed E-state index contributed by atoms with van der Waals surface area (Å²) >= 11 is 3.57. The Morgan fingerprint density at radius 2 is 1.67 bits per heavy atom. The van der Waals surface area contributed by atoms with Crippen molar-refractivity contribution < 1.29 is 23.9 Å². The van der Waals surface area contributed by atoms with Gasteiger partial charge in [-0.2, -0.15) is 0 Å². The van der Waals surface area contributed by atoms with E-state index in [1.807, 2.05) is 12.1 Å². The van der Waals surface area contributed by atoms with Gasteiger partial charge in [0.05, 0.1) is 11.1 Å². The van der Waals surface area contributed by atoms with Crippen molar-refractivity contribution in [3.63, 3.8) is 0 Å². The van der Waals surface area contributed by atoms with E-state index in [0.29, 0.717) is 53.7 Å². The lowest BCUT2D eigenvalue weighted by molar-refractivity contribution is 0.0651. The van der Waals surface area contributed by atoms with Gasteiger partial charge in [0.15, 0.2) is 22.3 Å². The van der Waals surface area contributed by atoms with Crippen molar-refractivity contribution in [3.05, 3.63) is 56.8 Å². The summed E-state index contributed by atoms with van der Waals surface area (Å²) in [5.41, 5.74) is 12.6. The van der Waals surface area contributed by atoms with Crippen molar-refractivity contribution in [3.8, 4) is 11.5 Å². The molecule has 2 aromatic carbocycles. The van der Waals surface area contributed by atoms with Gasteiger partial charge in [-0.25, -0.2) is 4.98 Å². The second-order valence-corrected chi connectivity index (χ2v) is 10.4. The Morgan fingerprint density at radius 3 is 2.33 bits per heavy atom. The number of nitrogen functional groups attached to an aromatic ring is 1. The van der Waals surface area contributed by atoms with Gasteiger partial charge in [0, 0.05) is 21.6 Å². The molecule has 12 heteroatoms. The van der Waals surface area contributed by atoms with Crippen LogP contribution in [0.25, 0.3) is 0 Å². The van der Waals surface area contributed by atoms with Crippen molar-refractivity contribution in [1.82, 2.24) is 14.5 Å². The van der Waals surface area contributed by atoms with Gasteiger partial charge in [-0.3, -0.25) is 19.3 Å². The number of benzene rings is 2. The van der Waals surface area contributed by atoms with Gasteiger partial charge < -0.3 is 25.5 Å². The molecule has 0 aliphatic carbocycles. The lowest BCUT2D eigenvalue weighted by atomic mass is 10.1. The molecule has 0 spiro atoms. The standard InChI is InChI=1S/C24H22IN5O5S/c25-15-10-16-17(35-12-34-16)11-18(15)36-24-28-19(21(27)31)20(26)29(24)8-4-1-5-9-30-22(32)13-6-2-3-7-14(13)23(30)33/h2-3,6-7,10-11H,1,4-5,8-9,12,26H2,(H2,27,31). The molecule has 3 aromatic rings. The number of rotatable bonds is 9.